The quantitative estimate of drug-likeness (QED) is 0.637. The minimum absolute atomic E-state index is 0.488. The van der Waals surface area contributed by atoms with Gasteiger partial charge in [-0.3, -0.25) is 0 Å². The van der Waals surface area contributed by atoms with Crippen molar-refractivity contribution >= 4 is 11.6 Å². The maximum absolute atomic E-state index is 5.85. The molecule has 2 heteroatoms. The second kappa shape index (κ2) is 6.73. The molecule has 0 aliphatic heterocycles. The molecule has 0 heterocycles. The summed E-state index contributed by atoms with van der Waals surface area (Å²) in [6.45, 7) is 8.87. The Bertz CT molecular complexity index is 104. The van der Waals surface area contributed by atoms with Gasteiger partial charge in [0.1, 0.15) is 0 Å². The molecule has 0 aromatic heterocycles. The number of rotatable bonds is 6. The molecule has 0 spiro atoms. The minimum Gasteiger partial charge on any atom is -0.310 e. The van der Waals surface area contributed by atoms with Crippen LogP contribution in [0.3, 0.4) is 0 Å². The molecule has 0 fully saturated rings. The van der Waals surface area contributed by atoms with Crippen LogP contribution >= 0.6 is 11.6 Å². The van der Waals surface area contributed by atoms with Crippen LogP contribution in [0.4, 0.5) is 0 Å². The van der Waals surface area contributed by atoms with Gasteiger partial charge in [0.2, 0.25) is 0 Å². The van der Waals surface area contributed by atoms with Crippen LogP contribution in [0, 0.1) is 5.92 Å². The monoisotopic (exact) mass is 191 g/mol. The largest absolute Gasteiger partial charge is 0.310 e. The Morgan fingerprint density at radius 1 is 1.25 bits per heavy atom. The van der Waals surface area contributed by atoms with Gasteiger partial charge in [0.05, 0.1) is 0 Å². The van der Waals surface area contributed by atoms with Crippen molar-refractivity contribution < 1.29 is 0 Å². The van der Waals surface area contributed by atoms with E-state index in [1.807, 2.05) is 0 Å². The maximum atomic E-state index is 5.85. The topological polar surface area (TPSA) is 12.0 Å². The van der Waals surface area contributed by atoms with E-state index in [0.29, 0.717) is 12.1 Å². The van der Waals surface area contributed by atoms with Crippen LogP contribution < -0.4 is 5.32 Å². The molecule has 0 radical (unpaired) electrons. The van der Waals surface area contributed by atoms with Gasteiger partial charge in [0.25, 0.3) is 0 Å². The van der Waals surface area contributed by atoms with E-state index in [2.05, 4.69) is 33.0 Å². The zero-order valence-electron chi connectivity index (χ0n) is 8.73. The molecule has 0 saturated heterocycles. The van der Waals surface area contributed by atoms with Crippen LogP contribution in [0.2, 0.25) is 0 Å². The molecule has 2 unspecified atom stereocenters. The molecule has 1 N–H and O–H groups in total. The second-order valence-electron chi connectivity index (χ2n) is 3.96. The van der Waals surface area contributed by atoms with Crippen LogP contribution in [-0.2, 0) is 0 Å². The highest BCUT2D eigenvalue weighted by Crippen LogP contribution is 2.07. The number of alkyl halides is 1. The van der Waals surface area contributed by atoms with Crippen molar-refractivity contribution in [2.75, 3.05) is 5.88 Å². The third-order valence-electron chi connectivity index (χ3n) is 2.07. The Kier molecular flexibility index (Phi) is 6.87. The Balaban J connectivity index is 3.66. The van der Waals surface area contributed by atoms with Gasteiger partial charge in [-0.25, -0.2) is 0 Å². The van der Waals surface area contributed by atoms with Gasteiger partial charge in [0.15, 0.2) is 0 Å². The molecular weight excluding hydrogens is 170 g/mol. The fourth-order valence-electron chi connectivity index (χ4n) is 1.26. The highest BCUT2D eigenvalue weighted by atomic mass is 35.5. The van der Waals surface area contributed by atoms with E-state index in [-0.39, 0.29) is 0 Å². The van der Waals surface area contributed by atoms with Gasteiger partial charge in [-0.05, 0) is 25.7 Å². The summed E-state index contributed by atoms with van der Waals surface area (Å²) in [5.41, 5.74) is 0. The van der Waals surface area contributed by atoms with Crippen molar-refractivity contribution in [3.8, 4) is 0 Å². The average molecular weight is 192 g/mol. The van der Waals surface area contributed by atoms with Gasteiger partial charge in [0, 0.05) is 18.0 Å². The smallest absolute Gasteiger partial charge is 0.0377 e. The first-order valence-corrected chi connectivity index (χ1v) is 5.45. The summed E-state index contributed by atoms with van der Waals surface area (Å²) in [5.74, 6) is 1.45. The molecule has 0 aromatic rings. The normalized spacial score (nSPS) is 16.5. The van der Waals surface area contributed by atoms with Crippen molar-refractivity contribution in [3.63, 3.8) is 0 Å². The predicted octanol–water partition coefficient (Wildman–Crippen LogP) is 3.03. The van der Waals surface area contributed by atoms with Crippen molar-refractivity contribution in [1.82, 2.24) is 5.32 Å². The van der Waals surface area contributed by atoms with E-state index in [4.69, 9.17) is 11.6 Å². The van der Waals surface area contributed by atoms with E-state index in [0.717, 1.165) is 11.8 Å². The fourth-order valence-corrected chi connectivity index (χ4v) is 1.48. The van der Waals surface area contributed by atoms with E-state index in [1.165, 1.54) is 12.8 Å². The van der Waals surface area contributed by atoms with Crippen LogP contribution in [0.15, 0.2) is 0 Å². The summed E-state index contributed by atoms with van der Waals surface area (Å²) in [6.07, 6.45) is 2.35. The molecular formula is C10H22ClN. The van der Waals surface area contributed by atoms with Crippen molar-refractivity contribution in [3.05, 3.63) is 0 Å². The first-order chi connectivity index (χ1) is 5.60. The first kappa shape index (κ1) is 12.2. The number of halogens is 1. The third kappa shape index (κ3) is 5.84. The molecule has 0 aromatic carbocycles. The molecule has 0 aliphatic carbocycles. The van der Waals surface area contributed by atoms with Gasteiger partial charge >= 0.3 is 0 Å². The lowest BCUT2D eigenvalue weighted by molar-refractivity contribution is 0.399. The number of hydrogen-bond acceptors (Lipinski definition) is 1. The predicted molar refractivity (Wildman–Crippen MR) is 56.9 cm³/mol. The highest BCUT2D eigenvalue weighted by Gasteiger charge is 2.10. The lowest BCUT2D eigenvalue weighted by atomic mass is 10.0. The van der Waals surface area contributed by atoms with Gasteiger partial charge in [-0.2, -0.15) is 0 Å². The van der Waals surface area contributed by atoms with Crippen molar-refractivity contribution in [2.24, 2.45) is 5.92 Å². The summed E-state index contributed by atoms with van der Waals surface area (Å²) in [5, 5.41) is 3.52. The molecule has 74 valence electrons. The molecule has 1 nitrogen and oxygen atoms in total. The molecule has 0 saturated carbocycles. The molecule has 0 bridgehead atoms. The van der Waals surface area contributed by atoms with Gasteiger partial charge in [-0.1, -0.05) is 20.8 Å². The van der Waals surface area contributed by atoms with Crippen LogP contribution in [0.25, 0.3) is 0 Å². The van der Waals surface area contributed by atoms with E-state index in [9.17, 15) is 0 Å². The number of nitrogens with one attached hydrogen (secondary N) is 1. The molecule has 12 heavy (non-hydrogen) atoms. The molecule has 0 aliphatic rings. The Labute approximate surface area is 81.9 Å². The molecule has 0 rings (SSSR count). The van der Waals surface area contributed by atoms with E-state index >= 15 is 0 Å². The van der Waals surface area contributed by atoms with Gasteiger partial charge in [-0.15, -0.1) is 11.6 Å². The lowest BCUT2D eigenvalue weighted by Crippen LogP contribution is -2.38. The van der Waals surface area contributed by atoms with Crippen LogP contribution in [-0.4, -0.2) is 18.0 Å². The molecule has 0 amide bonds. The zero-order valence-corrected chi connectivity index (χ0v) is 9.49. The minimum atomic E-state index is 0.488. The summed E-state index contributed by atoms with van der Waals surface area (Å²) < 4.78 is 0. The van der Waals surface area contributed by atoms with Crippen molar-refractivity contribution in [1.29, 1.82) is 0 Å². The number of hydrogen-bond donors (Lipinski definition) is 1. The molecule has 2 atom stereocenters. The zero-order chi connectivity index (χ0) is 9.56. The first-order valence-electron chi connectivity index (χ1n) is 4.92. The second-order valence-corrected chi connectivity index (χ2v) is 4.27. The Morgan fingerprint density at radius 3 is 2.17 bits per heavy atom. The van der Waals surface area contributed by atoms with Crippen LogP contribution in [0.1, 0.15) is 40.5 Å². The average Bonchev–Trinajstić information content (AvgIpc) is 2.02. The summed E-state index contributed by atoms with van der Waals surface area (Å²) in [7, 11) is 0. The van der Waals surface area contributed by atoms with E-state index in [1.54, 1.807) is 0 Å². The fraction of sp³-hybridized carbons (Fsp3) is 1.00. The van der Waals surface area contributed by atoms with Crippen molar-refractivity contribution in [2.45, 2.75) is 52.6 Å². The highest BCUT2D eigenvalue weighted by molar-refractivity contribution is 6.18. The summed E-state index contributed by atoms with van der Waals surface area (Å²) in [6, 6.07) is 1.08. The summed E-state index contributed by atoms with van der Waals surface area (Å²) >= 11 is 5.85. The Hall–Kier alpha value is 0.250. The van der Waals surface area contributed by atoms with Crippen LogP contribution in [0.5, 0.6) is 0 Å². The van der Waals surface area contributed by atoms with Gasteiger partial charge < -0.3 is 5.32 Å². The summed E-state index contributed by atoms with van der Waals surface area (Å²) in [4.78, 5) is 0. The van der Waals surface area contributed by atoms with E-state index < -0.39 is 0 Å². The lowest BCUT2D eigenvalue weighted by Gasteiger charge is -2.22. The third-order valence-corrected chi connectivity index (χ3v) is 2.45. The Morgan fingerprint density at radius 2 is 1.83 bits per heavy atom. The SMILES string of the molecule is CCC(C)NC(CCl)CC(C)C. The standard InChI is InChI=1S/C10H22ClN/c1-5-9(4)12-10(7-11)6-8(2)3/h8-10,12H,5-7H2,1-4H3. The maximum Gasteiger partial charge on any atom is 0.0377 e.